The number of methoxy groups -OCH3 is 2. The van der Waals surface area contributed by atoms with Gasteiger partial charge in [-0.25, -0.2) is 0 Å². The Hall–Kier alpha value is -4.48. The Morgan fingerprint density at radius 3 is 2.54 bits per heavy atom. The molecule has 11 nitrogen and oxygen atoms in total. The van der Waals surface area contributed by atoms with Gasteiger partial charge in [0.2, 0.25) is 24.4 Å². The SMILES string of the molecule is CC[C@H](C)C(=O)N[C@@H]1CCCN1C(=O)[C@@H]1[C@@H](c2ccccc2)[C@]2(c3ccc(OC)c(C)c3)Oc3cc4c(c(OC)c3[C@@]1(O)C2O)OCO4. The molecule has 1 aliphatic carbocycles. The highest BCUT2D eigenvalue weighted by Gasteiger charge is 2.77. The number of hydrogen-bond donors (Lipinski definition) is 3. The minimum atomic E-state index is -2.24. The van der Waals surface area contributed by atoms with E-state index in [9.17, 15) is 15.0 Å². The van der Waals surface area contributed by atoms with E-state index >= 15 is 4.79 Å². The lowest BCUT2D eigenvalue weighted by molar-refractivity contribution is -0.167. The zero-order valence-corrected chi connectivity index (χ0v) is 27.8. The zero-order chi connectivity index (χ0) is 34.0. The number of likely N-dealkylation sites (tertiary alicyclic amines) is 1. The fourth-order valence-corrected chi connectivity index (χ4v) is 8.21. The smallest absolute Gasteiger partial charge is 0.231 e. The quantitative estimate of drug-likeness (QED) is 0.327. The number of aryl methyl sites for hydroxylation is 1. The summed E-state index contributed by atoms with van der Waals surface area (Å²) in [4.78, 5) is 30.0. The molecule has 0 radical (unpaired) electrons. The van der Waals surface area contributed by atoms with Crippen LogP contribution in [-0.4, -0.2) is 66.8 Å². The molecule has 3 aromatic carbocycles. The topological polar surface area (TPSA) is 136 Å². The molecule has 11 heteroatoms. The van der Waals surface area contributed by atoms with Crippen LogP contribution in [0.15, 0.2) is 54.6 Å². The number of ether oxygens (including phenoxy) is 5. The van der Waals surface area contributed by atoms with Crippen LogP contribution in [0.25, 0.3) is 0 Å². The van der Waals surface area contributed by atoms with E-state index in [2.05, 4.69) is 5.32 Å². The molecule has 1 saturated carbocycles. The molecule has 7 rings (SSSR count). The summed E-state index contributed by atoms with van der Waals surface area (Å²) in [5, 5.41) is 29.1. The van der Waals surface area contributed by atoms with Gasteiger partial charge in [0.25, 0.3) is 0 Å². The van der Waals surface area contributed by atoms with Crippen molar-refractivity contribution in [3.8, 4) is 28.7 Å². The summed E-state index contributed by atoms with van der Waals surface area (Å²) in [6, 6.07) is 16.4. The standard InChI is InChI=1S/C37H42N2O9/c1-6-20(2)33(40)38-27-13-10-16-39(27)34(41)30-28(22-11-8-7-9-12-22)37(23-14-15-24(44-4)21(3)17-23)35(42)36(30,43)29-25(48-37)18-26-31(32(29)45-5)47-19-46-26/h7-9,11-12,14-15,17-18,20,27-28,30,35,42-43H,6,10,13,16,19H2,1-5H3,(H,38,40)/t20-,27-,28+,30-,35?,36-,37-/m0/s1. The van der Waals surface area contributed by atoms with Crippen molar-refractivity contribution in [1.82, 2.24) is 10.2 Å². The molecule has 254 valence electrons. The van der Waals surface area contributed by atoms with Gasteiger partial charge in [-0.05, 0) is 55.0 Å². The van der Waals surface area contributed by atoms with Crippen molar-refractivity contribution in [2.75, 3.05) is 27.6 Å². The van der Waals surface area contributed by atoms with E-state index < -0.39 is 41.2 Å². The molecule has 4 aliphatic rings. The first kappa shape index (κ1) is 32.1. The van der Waals surface area contributed by atoms with Crippen molar-refractivity contribution in [2.45, 2.75) is 69.4 Å². The van der Waals surface area contributed by atoms with E-state index in [4.69, 9.17) is 23.7 Å². The Morgan fingerprint density at radius 1 is 1.08 bits per heavy atom. The molecule has 2 fully saturated rings. The maximum absolute atomic E-state index is 15.3. The molecule has 7 atom stereocenters. The third-order valence-corrected chi connectivity index (χ3v) is 10.7. The summed E-state index contributed by atoms with van der Waals surface area (Å²) in [6.07, 6.45) is -0.344. The number of nitrogens with zero attached hydrogens (tertiary/aromatic N) is 1. The second-order valence-electron chi connectivity index (χ2n) is 13.2. The minimum Gasteiger partial charge on any atom is -0.496 e. The molecular formula is C37H42N2O9. The average Bonchev–Trinajstić information content (AvgIpc) is 3.79. The van der Waals surface area contributed by atoms with Gasteiger partial charge in [-0.3, -0.25) is 9.59 Å². The molecule has 0 aromatic heterocycles. The third-order valence-electron chi connectivity index (χ3n) is 10.7. The van der Waals surface area contributed by atoms with Gasteiger partial charge in [-0.15, -0.1) is 0 Å². The highest BCUT2D eigenvalue weighted by atomic mass is 16.7. The van der Waals surface area contributed by atoms with Crippen LogP contribution in [-0.2, 0) is 20.8 Å². The number of benzene rings is 3. The van der Waals surface area contributed by atoms with Crippen molar-refractivity contribution in [3.05, 3.63) is 76.9 Å². The molecule has 3 aliphatic heterocycles. The predicted octanol–water partition coefficient (Wildman–Crippen LogP) is 4.10. The zero-order valence-electron chi connectivity index (χ0n) is 27.8. The second-order valence-corrected chi connectivity index (χ2v) is 13.2. The molecule has 3 N–H and O–H groups in total. The lowest BCUT2D eigenvalue weighted by Gasteiger charge is -2.45. The molecule has 2 bridgehead atoms. The van der Waals surface area contributed by atoms with Gasteiger partial charge >= 0.3 is 0 Å². The maximum Gasteiger partial charge on any atom is 0.231 e. The summed E-state index contributed by atoms with van der Waals surface area (Å²) in [5.74, 6) is -1.40. The highest BCUT2D eigenvalue weighted by Crippen LogP contribution is 2.70. The highest BCUT2D eigenvalue weighted by molar-refractivity contribution is 5.86. The largest absolute Gasteiger partial charge is 0.496 e. The Balaban J connectivity index is 1.49. The normalized spacial score (nSPS) is 28.8. The lowest BCUT2D eigenvalue weighted by atomic mass is 9.74. The molecule has 48 heavy (non-hydrogen) atoms. The number of carbonyl (C=O) groups excluding carboxylic acids is 2. The van der Waals surface area contributed by atoms with Crippen LogP contribution in [0.4, 0.5) is 0 Å². The van der Waals surface area contributed by atoms with E-state index in [-0.39, 0.29) is 41.4 Å². The van der Waals surface area contributed by atoms with Crippen LogP contribution >= 0.6 is 0 Å². The number of aliphatic hydroxyl groups excluding tert-OH is 1. The predicted molar refractivity (Wildman–Crippen MR) is 174 cm³/mol. The summed E-state index contributed by atoms with van der Waals surface area (Å²) in [7, 11) is 3.02. The Labute approximate surface area is 279 Å². The van der Waals surface area contributed by atoms with Gasteiger partial charge in [0.1, 0.15) is 29.4 Å². The number of amides is 2. The summed E-state index contributed by atoms with van der Waals surface area (Å²) in [5.41, 5.74) is -1.76. The first-order chi connectivity index (χ1) is 23.1. The number of nitrogens with one attached hydrogen (secondary N) is 1. The number of carbonyl (C=O) groups is 2. The summed E-state index contributed by atoms with van der Waals surface area (Å²) in [6.45, 7) is 5.98. The van der Waals surface area contributed by atoms with Gasteiger partial charge in [0, 0.05) is 24.4 Å². The van der Waals surface area contributed by atoms with Gasteiger partial charge in [-0.1, -0.05) is 50.2 Å². The monoisotopic (exact) mass is 658 g/mol. The Bertz CT molecular complexity index is 1750. The van der Waals surface area contributed by atoms with E-state index in [1.54, 1.807) is 30.2 Å². The van der Waals surface area contributed by atoms with Crippen LogP contribution in [0, 0.1) is 18.8 Å². The van der Waals surface area contributed by atoms with Crippen LogP contribution < -0.4 is 29.0 Å². The van der Waals surface area contributed by atoms with E-state index in [0.29, 0.717) is 48.4 Å². The molecular weight excluding hydrogens is 616 g/mol. The van der Waals surface area contributed by atoms with E-state index in [0.717, 1.165) is 5.56 Å². The number of aliphatic hydroxyl groups is 2. The first-order valence-corrected chi connectivity index (χ1v) is 16.5. The number of fused-ring (bicyclic) bond motifs is 5. The van der Waals surface area contributed by atoms with Gasteiger partial charge < -0.3 is 44.1 Å². The number of hydrogen-bond acceptors (Lipinski definition) is 9. The fourth-order valence-electron chi connectivity index (χ4n) is 8.21. The van der Waals surface area contributed by atoms with Crippen molar-refractivity contribution in [2.24, 2.45) is 11.8 Å². The van der Waals surface area contributed by atoms with Crippen LogP contribution in [0.5, 0.6) is 28.7 Å². The van der Waals surface area contributed by atoms with Crippen molar-refractivity contribution < 1.29 is 43.5 Å². The Kier molecular flexibility index (Phi) is 7.95. The molecule has 1 saturated heterocycles. The average molecular weight is 659 g/mol. The second kappa shape index (κ2) is 11.9. The van der Waals surface area contributed by atoms with Gasteiger partial charge in [0.15, 0.2) is 17.1 Å². The van der Waals surface area contributed by atoms with E-state index in [1.807, 2.05) is 57.2 Å². The molecule has 2 amide bonds. The molecule has 1 unspecified atom stereocenters. The number of rotatable bonds is 8. The Morgan fingerprint density at radius 2 is 1.85 bits per heavy atom. The minimum absolute atomic E-state index is 0.0707. The van der Waals surface area contributed by atoms with E-state index in [1.165, 1.54) is 7.11 Å². The third kappa shape index (κ3) is 4.47. The molecule has 3 aromatic rings. The first-order valence-electron chi connectivity index (χ1n) is 16.5. The van der Waals surface area contributed by atoms with Crippen molar-refractivity contribution >= 4 is 11.8 Å². The fraction of sp³-hybridized carbons (Fsp3) is 0.459. The molecule has 3 heterocycles. The maximum atomic E-state index is 15.3. The van der Waals surface area contributed by atoms with Crippen LogP contribution in [0.2, 0.25) is 0 Å². The van der Waals surface area contributed by atoms with Crippen molar-refractivity contribution in [1.29, 1.82) is 0 Å². The molecule has 0 spiro atoms. The van der Waals surface area contributed by atoms with Crippen molar-refractivity contribution in [3.63, 3.8) is 0 Å². The van der Waals surface area contributed by atoms with Gasteiger partial charge in [0.05, 0.1) is 25.7 Å². The summed E-state index contributed by atoms with van der Waals surface area (Å²) < 4.78 is 29.9. The van der Waals surface area contributed by atoms with Crippen LogP contribution in [0.3, 0.4) is 0 Å². The van der Waals surface area contributed by atoms with Gasteiger partial charge in [-0.2, -0.15) is 0 Å². The summed E-state index contributed by atoms with van der Waals surface area (Å²) >= 11 is 0. The van der Waals surface area contributed by atoms with Crippen LogP contribution in [0.1, 0.15) is 61.3 Å². The lowest BCUT2D eigenvalue weighted by Crippen LogP contribution is -2.56.